The zero-order valence-electron chi connectivity index (χ0n) is 9.74. The van der Waals surface area contributed by atoms with E-state index in [-0.39, 0.29) is 24.4 Å². The molecule has 3 rings (SSSR count). The summed E-state index contributed by atoms with van der Waals surface area (Å²) in [6.07, 6.45) is 1.39. The van der Waals surface area contributed by atoms with Crippen LogP contribution in [0.15, 0.2) is 29.1 Å². The van der Waals surface area contributed by atoms with Gasteiger partial charge in [-0.25, -0.2) is 4.79 Å². The number of hydrogen-bond acceptors (Lipinski definition) is 5. The fourth-order valence-corrected chi connectivity index (χ4v) is 2.09. The van der Waals surface area contributed by atoms with Gasteiger partial charge < -0.3 is 14.5 Å². The molecule has 1 aromatic carbocycles. The van der Waals surface area contributed by atoms with Gasteiger partial charge in [-0.15, -0.1) is 0 Å². The molecule has 0 radical (unpaired) electrons. The second-order valence-electron chi connectivity index (χ2n) is 4.15. The minimum Gasteiger partial charge on any atom is -0.478 e. The van der Waals surface area contributed by atoms with Gasteiger partial charge in [0.15, 0.2) is 5.82 Å². The Morgan fingerprint density at radius 1 is 1.47 bits per heavy atom. The molecule has 1 N–H and O–H groups in total. The Balaban J connectivity index is 1.94. The zero-order chi connectivity index (χ0) is 13.4. The summed E-state index contributed by atoms with van der Waals surface area (Å²) in [7, 11) is 0. The van der Waals surface area contributed by atoms with Crippen molar-refractivity contribution in [2.45, 2.75) is 13.0 Å². The predicted octanol–water partition coefficient (Wildman–Crippen LogP) is 0.857. The molecule has 0 unspecified atom stereocenters. The Kier molecular flexibility index (Phi) is 2.52. The summed E-state index contributed by atoms with van der Waals surface area (Å²) in [4.78, 5) is 28.2. The van der Waals surface area contributed by atoms with Crippen molar-refractivity contribution in [2.75, 3.05) is 4.90 Å². The summed E-state index contributed by atoms with van der Waals surface area (Å²) in [5.74, 6) is -0.710. The Labute approximate surface area is 107 Å². The maximum atomic E-state index is 11.9. The highest BCUT2D eigenvalue weighted by Crippen LogP contribution is 2.30. The summed E-state index contributed by atoms with van der Waals surface area (Å²) in [5, 5.41) is 12.6. The number of carbonyl (C=O) groups is 2. The highest BCUT2D eigenvalue weighted by molar-refractivity contribution is 6.02. The molecule has 2 heterocycles. The van der Waals surface area contributed by atoms with Crippen LogP contribution in [0.3, 0.4) is 0 Å². The lowest BCUT2D eigenvalue weighted by molar-refractivity contribution is -0.117. The number of carboxylic acids is 1. The number of carboxylic acid groups (broad SMARTS) is 1. The summed E-state index contributed by atoms with van der Waals surface area (Å²) < 4.78 is 4.62. The molecule has 0 spiro atoms. The van der Waals surface area contributed by atoms with E-state index in [4.69, 9.17) is 5.11 Å². The summed E-state index contributed by atoms with van der Waals surface area (Å²) in [6, 6.07) is 4.62. The second-order valence-corrected chi connectivity index (χ2v) is 4.15. The summed E-state index contributed by atoms with van der Waals surface area (Å²) in [6.45, 7) is 0.217. The van der Waals surface area contributed by atoms with Crippen LogP contribution >= 0.6 is 0 Å². The van der Waals surface area contributed by atoms with Crippen LogP contribution in [0.2, 0.25) is 0 Å². The van der Waals surface area contributed by atoms with Crippen LogP contribution in [-0.4, -0.2) is 27.1 Å². The smallest absolute Gasteiger partial charge is 0.335 e. The van der Waals surface area contributed by atoms with Crippen molar-refractivity contribution >= 4 is 17.6 Å². The topological polar surface area (TPSA) is 96.5 Å². The van der Waals surface area contributed by atoms with Crippen LogP contribution in [0.25, 0.3) is 0 Å². The lowest BCUT2D eigenvalue weighted by atomic mass is 10.1. The van der Waals surface area contributed by atoms with Gasteiger partial charge >= 0.3 is 5.97 Å². The minimum absolute atomic E-state index is 0.109. The van der Waals surface area contributed by atoms with Crippen molar-refractivity contribution in [1.29, 1.82) is 0 Å². The molecular formula is C12H9N3O4. The third-order valence-electron chi connectivity index (χ3n) is 2.97. The number of anilines is 1. The fourth-order valence-electron chi connectivity index (χ4n) is 2.09. The van der Waals surface area contributed by atoms with Crippen molar-refractivity contribution in [3.8, 4) is 0 Å². The van der Waals surface area contributed by atoms with Crippen LogP contribution < -0.4 is 4.90 Å². The maximum absolute atomic E-state index is 11.9. The van der Waals surface area contributed by atoms with Crippen molar-refractivity contribution in [2.24, 2.45) is 0 Å². The molecule has 0 aliphatic carbocycles. The molecule has 7 heteroatoms. The fraction of sp³-hybridized carbons (Fsp3) is 0.167. The molecule has 1 aliphatic rings. The highest BCUT2D eigenvalue weighted by Gasteiger charge is 2.28. The van der Waals surface area contributed by atoms with Gasteiger partial charge in [0.25, 0.3) is 0 Å². The van der Waals surface area contributed by atoms with E-state index < -0.39 is 5.97 Å². The van der Waals surface area contributed by atoms with E-state index in [1.807, 2.05) is 0 Å². The number of amides is 1. The Bertz CT molecular complexity index is 651. The second kappa shape index (κ2) is 4.20. The molecule has 1 amide bonds. The number of aromatic carboxylic acids is 1. The van der Waals surface area contributed by atoms with E-state index in [9.17, 15) is 9.59 Å². The third kappa shape index (κ3) is 1.95. The van der Waals surface area contributed by atoms with E-state index in [1.54, 1.807) is 6.07 Å². The average molecular weight is 259 g/mol. The normalized spacial score (nSPS) is 13.7. The Hall–Kier alpha value is -2.70. The molecule has 0 saturated carbocycles. The molecule has 1 aromatic heterocycles. The molecule has 0 fully saturated rings. The van der Waals surface area contributed by atoms with Gasteiger partial charge in [0.2, 0.25) is 12.3 Å². The molecule has 0 atom stereocenters. The SMILES string of the molecule is O=C(O)c1ccc2c(c1)CC(=O)N2Cc1ncon1. The lowest BCUT2D eigenvalue weighted by Crippen LogP contribution is -2.26. The highest BCUT2D eigenvalue weighted by atomic mass is 16.5. The van der Waals surface area contributed by atoms with E-state index in [1.165, 1.54) is 23.4 Å². The summed E-state index contributed by atoms with van der Waals surface area (Å²) >= 11 is 0. The van der Waals surface area contributed by atoms with Crippen LogP contribution in [0.5, 0.6) is 0 Å². The van der Waals surface area contributed by atoms with Crippen molar-refractivity contribution in [3.05, 3.63) is 41.5 Å². The van der Waals surface area contributed by atoms with Gasteiger partial charge in [-0.2, -0.15) is 4.98 Å². The first-order chi connectivity index (χ1) is 9.15. The van der Waals surface area contributed by atoms with Crippen molar-refractivity contribution in [1.82, 2.24) is 10.1 Å². The van der Waals surface area contributed by atoms with E-state index in [0.717, 1.165) is 0 Å². The Morgan fingerprint density at radius 2 is 2.32 bits per heavy atom. The molecule has 2 aromatic rings. The molecule has 19 heavy (non-hydrogen) atoms. The number of hydrogen-bond donors (Lipinski definition) is 1. The third-order valence-corrected chi connectivity index (χ3v) is 2.97. The first-order valence-electron chi connectivity index (χ1n) is 5.57. The minimum atomic E-state index is -1.01. The number of nitrogens with zero attached hydrogens (tertiary/aromatic N) is 3. The number of benzene rings is 1. The molecule has 0 saturated heterocycles. The van der Waals surface area contributed by atoms with Gasteiger partial charge in [-0.1, -0.05) is 5.16 Å². The van der Waals surface area contributed by atoms with Crippen molar-refractivity contribution in [3.63, 3.8) is 0 Å². The summed E-state index contributed by atoms with van der Waals surface area (Å²) in [5.41, 5.74) is 1.57. The quantitative estimate of drug-likeness (QED) is 0.877. The molecule has 7 nitrogen and oxygen atoms in total. The van der Waals surface area contributed by atoms with E-state index in [0.29, 0.717) is 17.1 Å². The average Bonchev–Trinajstić information content (AvgIpc) is 2.98. The van der Waals surface area contributed by atoms with Gasteiger partial charge in [0.1, 0.15) is 0 Å². The number of fused-ring (bicyclic) bond motifs is 1. The van der Waals surface area contributed by atoms with Gasteiger partial charge in [0, 0.05) is 5.69 Å². The van der Waals surface area contributed by atoms with Gasteiger partial charge in [-0.05, 0) is 23.8 Å². The van der Waals surface area contributed by atoms with Gasteiger partial charge in [0.05, 0.1) is 18.5 Å². The maximum Gasteiger partial charge on any atom is 0.335 e. The molecule has 96 valence electrons. The number of aromatic nitrogens is 2. The zero-order valence-corrected chi connectivity index (χ0v) is 9.74. The van der Waals surface area contributed by atoms with E-state index >= 15 is 0 Å². The van der Waals surface area contributed by atoms with Crippen molar-refractivity contribution < 1.29 is 19.2 Å². The first kappa shape index (κ1) is 11.4. The monoisotopic (exact) mass is 259 g/mol. The largest absolute Gasteiger partial charge is 0.478 e. The predicted molar refractivity (Wildman–Crippen MR) is 62.6 cm³/mol. The Morgan fingerprint density at radius 3 is 3.00 bits per heavy atom. The number of carbonyl (C=O) groups excluding carboxylic acids is 1. The van der Waals surface area contributed by atoms with Crippen LogP contribution in [0.1, 0.15) is 21.7 Å². The molecular weight excluding hydrogens is 250 g/mol. The molecule has 0 bridgehead atoms. The molecule has 1 aliphatic heterocycles. The first-order valence-corrected chi connectivity index (χ1v) is 5.57. The number of rotatable bonds is 3. The standard InChI is InChI=1S/C12H9N3O4/c16-11-4-8-3-7(12(17)18)1-2-9(8)15(11)5-10-13-6-19-14-10/h1-3,6H,4-5H2,(H,17,18). The lowest BCUT2D eigenvalue weighted by Gasteiger charge is -2.15. The van der Waals surface area contributed by atoms with Crippen LogP contribution in [0, 0.1) is 0 Å². The van der Waals surface area contributed by atoms with Gasteiger partial charge in [-0.3, -0.25) is 4.79 Å². The van der Waals surface area contributed by atoms with Crippen LogP contribution in [0.4, 0.5) is 5.69 Å². The van der Waals surface area contributed by atoms with Crippen LogP contribution in [-0.2, 0) is 17.8 Å². The van der Waals surface area contributed by atoms with E-state index in [2.05, 4.69) is 14.7 Å².